The molecular formula is C24H27N5O3. The Balaban J connectivity index is 1.67. The summed E-state index contributed by atoms with van der Waals surface area (Å²) < 4.78 is 1.34. The van der Waals surface area contributed by atoms with E-state index in [9.17, 15) is 14.4 Å². The average Bonchev–Trinajstić information content (AvgIpc) is 3.24. The van der Waals surface area contributed by atoms with Gasteiger partial charge in [0.25, 0.3) is 11.5 Å². The molecule has 0 bridgehead atoms. The molecule has 2 amide bonds. The molecule has 3 N–H and O–H groups in total. The molecule has 166 valence electrons. The number of likely N-dealkylation sites (tertiary alicyclic amines) is 1. The molecule has 0 radical (unpaired) electrons. The van der Waals surface area contributed by atoms with Crippen LogP contribution < -0.4 is 16.6 Å². The van der Waals surface area contributed by atoms with Gasteiger partial charge in [-0.3, -0.25) is 19.3 Å². The molecule has 1 saturated heterocycles. The Morgan fingerprint density at radius 2 is 1.81 bits per heavy atom. The Bertz CT molecular complexity index is 1230. The fourth-order valence-corrected chi connectivity index (χ4v) is 4.24. The van der Waals surface area contributed by atoms with E-state index in [-0.39, 0.29) is 29.2 Å². The van der Waals surface area contributed by atoms with Crippen molar-refractivity contribution in [1.29, 1.82) is 0 Å². The first-order valence-corrected chi connectivity index (χ1v) is 10.8. The Morgan fingerprint density at radius 3 is 2.53 bits per heavy atom. The van der Waals surface area contributed by atoms with Gasteiger partial charge in [0.05, 0.1) is 17.5 Å². The summed E-state index contributed by atoms with van der Waals surface area (Å²) in [5.41, 5.74) is 7.05. The van der Waals surface area contributed by atoms with E-state index in [0.717, 1.165) is 24.9 Å². The van der Waals surface area contributed by atoms with Crippen molar-refractivity contribution in [2.75, 3.05) is 11.9 Å². The minimum absolute atomic E-state index is 0.188. The number of hydrogen-bond acceptors (Lipinski definition) is 5. The highest BCUT2D eigenvalue weighted by atomic mass is 16.2. The van der Waals surface area contributed by atoms with Crippen molar-refractivity contribution >= 4 is 28.3 Å². The topological polar surface area (TPSA) is 110 Å². The molecule has 3 aromatic rings. The number of benzene rings is 2. The zero-order valence-electron chi connectivity index (χ0n) is 18.2. The standard InChI is InChI=1S/C24H27N5O3/c1-15(2)29-24(32)18-10-5-4-9-17(18)21(27-29)23(31)26-19-11-6-3-8-16(19)14-28-13-7-12-20(28)22(25)30/h3-6,8-11,15,20H,7,12-14H2,1-2H3,(H2,25,30)(H,26,31). The van der Waals surface area contributed by atoms with Crippen molar-refractivity contribution in [2.24, 2.45) is 5.73 Å². The smallest absolute Gasteiger partial charge is 0.276 e. The number of nitrogens with one attached hydrogen (secondary N) is 1. The first-order chi connectivity index (χ1) is 15.4. The zero-order chi connectivity index (χ0) is 22.8. The lowest BCUT2D eigenvalue weighted by Gasteiger charge is -2.23. The highest BCUT2D eigenvalue weighted by Crippen LogP contribution is 2.25. The van der Waals surface area contributed by atoms with Gasteiger partial charge < -0.3 is 11.1 Å². The van der Waals surface area contributed by atoms with Crippen molar-refractivity contribution < 1.29 is 9.59 Å². The molecule has 2 aromatic carbocycles. The number of anilines is 1. The van der Waals surface area contributed by atoms with Gasteiger partial charge >= 0.3 is 0 Å². The maximum atomic E-state index is 13.3. The number of fused-ring (bicyclic) bond motifs is 1. The number of primary amides is 1. The number of carbonyl (C=O) groups excluding carboxylic acids is 2. The first-order valence-electron chi connectivity index (χ1n) is 10.8. The van der Waals surface area contributed by atoms with Crippen molar-refractivity contribution in [3.63, 3.8) is 0 Å². The van der Waals surface area contributed by atoms with Crippen LogP contribution >= 0.6 is 0 Å². The van der Waals surface area contributed by atoms with Crippen molar-refractivity contribution in [3.8, 4) is 0 Å². The predicted octanol–water partition coefficient (Wildman–Crippen LogP) is 2.68. The highest BCUT2D eigenvalue weighted by molar-refractivity contribution is 6.11. The maximum absolute atomic E-state index is 13.3. The highest BCUT2D eigenvalue weighted by Gasteiger charge is 2.29. The van der Waals surface area contributed by atoms with Gasteiger partial charge in [0, 0.05) is 17.6 Å². The van der Waals surface area contributed by atoms with Gasteiger partial charge in [0.2, 0.25) is 5.91 Å². The Labute approximate surface area is 186 Å². The third-order valence-corrected chi connectivity index (χ3v) is 5.86. The van der Waals surface area contributed by atoms with Gasteiger partial charge in [-0.05, 0) is 50.9 Å². The number of rotatable bonds is 6. The van der Waals surface area contributed by atoms with Crippen LogP contribution in [0.1, 0.15) is 48.8 Å². The zero-order valence-corrected chi connectivity index (χ0v) is 18.2. The lowest BCUT2D eigenvalue weighted by atomic mass is 10.1. The normalized spacial score (nSPS) is 16.5. The predicted molar refractivity (Wildman–Crippen MR) is 123 cm³/mol. The maximum Gasteiger partial charge on any atom is 0.276 e. The number of hydrogen-bond donors (Lipinski definition) is 2. The Kier molecular flexibility index (Phi) is 6.05. The minimum Gasteiger partial charge on any atom is -0.368 e. The molecule has 8 nitrogen and oxygen atoms in total. The second-order valence-corrected chi connectivity index (χ2v) is 8.38. The van der Waals surface area contributed by atoms with Crippen molar-refractivity contribution in [1.82, 2.24) is 14.7 Å². The molecule has 1 aliphatic rings. The monoisotopic (exact) mass is 433 g/mol. The molecule has 1 aliphatic heterocycles. The van der Waals surface area contributed by atoms with Crippen LogP contribution in [0.4, 0.5) is 5.69 Å². The number of aromatic nitrogens is 2. The molecule has 0 aliphatic carbocycles. The first kappa shape index (κ1) is 21.7. The summed E-state index contributed by atoms with van der Waals surface area (Å²) in [6, 6.07) is 14.0. The van der Waals surface area contributed by atoms with E-state index in [4.69, 9.17) is 5.73 Å². The van der Waals surface area contributed by atoms with Crippen LogP contribution in [0.2, 0.25) is 0 Å². The van der Waals surface area contributed by atoms with Gasteiger partial charge in [-0.25, -0.2) is 4.68 Å². The van der Waals surface area contributed by atoms with Crippen LogP contribution in [0.3, 0.4) is 0 Å². The quantitative estimate of drug-likeness (QED) is 0.621. The minimum atomic E-state index is -0.393. The summed E-state index contributed by atoms with van der Waals surface area (Å²) in [6.07, 6.45) is 1.66. The Morgan fingerprint density at radius 1 is 1.12 bits per heavy atom. The molecule has 2 heterocycles. The molecule has 0 saturated carbocycles. The summed E-state index contributed by atoms with van der Waals surface area (Å²) in [7, 11) is 0. The molecule has 0 spiro atoms. The number of nitrogens with two attached hydrogens (primary N) is 1. The van der Waals surface area contributed by atoms with Crippen LogP contribution in [0, 0.1) is 0 Å². The molecule has 8 heteroatoms. The molecule has 1 atom stereocenters. The van der Waals surface area contributed by atoms with Crippen LogP contribution in [-0.2, 0) is 11.3 Å². The van der Waals surface area contributed by atoms with Gasteiger partial charge in [0.1, 0.15) is 0 Å². The van der Waals surface area contributed by atoms with Gasteiger partial charge in [-0.15, -0.1) is 0 Å². The molecule has 1 unspecified atom stereocenters. The largest absolute Gasteiger partial charge is 0.368 e. The average molecular weight is 434 g/mol. The van der Waals surface area contributed by atoms with Crippen LogP contribution in [0.5, 0.6) is 0 Å². The molecule has 4 rings (SSSR count). The van der Waals surface area contributed by atoms with E-state index in [1.165, 1.54) is 4.68 Å². The second kappa shape index (κ2) is 8.92. The van der Waals surface area contributed by atoms with E-state index < -0.39 is 5.91 Å². The van der Waals surface area contributed by atoms with Gasteiger partial charge in [0.15, 0.2) is 5.69 Å². The SMILES string of the molecule is CC(C)n1nc(C(=O)Nc2ccccc2CN2CCCC2C(N)=O)c2ccccc2c1=O. The van der Waals surface area contributed by atoms with E-state index >= 15 is 0 Å². The van der Waals surface area contributed by atoms with Crippen LogP contribution in [0.15, 0.2) is 53.3 Å². The van der Waals surface area contributed by atoms with E-state index in [1.54, 1.807) is 24.3 Å². The summed E-state index contributed by atoms with van der Waals surface area (Å²) in [5.74, 6) is -0.716. The summed E-state index contributed by atoms with van der Waals surface area (Å²) in [6.45, 7) is 4.99. The Hall–Kier alpha value is -3.52. The summed E-state index contributed by atoms with van der Waals surface area (Å²) in [5, 5.41) is 8.31. The van der Waals surface area contributed by atoms with E-state index in [1.807, 2.05) is 43.0 Å². The fraction of sp³-hybridized carbons (Fsp3) is 0.333. The van der Waals surface area contributed by atoms with E-state index in [2.05, 4.69) is 10.4 Å². The van der Waals surface area contributed by atoms with E-state index in [0.29, 0.717) is 23.0 Å². The van der Waals surface area contributed by atoms with Crippen LogP contribution in [0.25, 0.3) is 10.8 Å². The summed E-state index contributed by atoms with van der Waals surface area (Å²) >= 11 is 0. The van der Waals surface area contributed by atoms with Gasteiger partial charge in [-0.2, -0.15) is 5.10 Å². The lowest BCUT2D eigenvalue weighted by molar-refractivity contribution is -0.122. The molecular weight excluding hydrogens is 406 g/mol. The molecule has 1 aromatic heterocycles. The number of amides is 2. The molecule has 1 fully saturated rings. The number of para-hydroxylation sites is 1. The molecule has 32 heavy (non-hydrogen) atoms. The lowest BCUT2D eigenvalue weighted by Crippen LogP contribution is -2.39. The fourth-order valence-electron chi connectivity index (χ4n) is 4.24. The third-order valence-electron chi connectivity index (χ3n) is 5.86. The number of nitrogens with zero attached hydrogens (tertiary/aromatic N) is 3. The third kappa shape index (κ3) is 4.13. The second-order valence-electron chi connectivity index (χ2n) is 8.38. The summed E-state index contributed by atoms with van der Waals surface area (Å²) in [4.78, 5) is 39.9. The van der Waals surface area contributed by atoms with Gasteiger partial charge in [-0.1, -0.05) is 36.4 Å². The van der Waals surface area contributed by atoms with Crippen LogP contribution in [-0.4, -0.2) is 39.1 Å². The van der Waals surface area contributed by atoms with Crippen molar-refractivity contribution in [3.05, 3.63) is 70.1 Å². The van der Waals surface area contributed by atoms with Crippen molar-refractivity contribution in [2.45, 2.75) is 45.3 Å². The number of carbonyl (C=O) groups is 2.